The minimum atomic E-state index is -4.65. The van der Waals surface area contributed by atoms with Gasteiger partial charge < -0.3 is 10.1 Å². The normalized spacial score (nSPS) is 11.7. The van der Waals surface area contributed by atoms with Crippen molar-refractivity contribution in [2.24, 2.45) is 0 Å². The Morgan fingerprint density at radius 3 is 2.36 bits per heavy atom. The maximum atomic E-state index is 13.3. The van der Waals surface area contributed by atoms with Crippen molar-refractivity contribution in [2.45, 2.75) is 11.1 Å². The van der Waals surface area contributed by atoms with E-state index in [4.69, 9.17) is 16.3 Å². The fourth-order valence-electron chi connectivity index (χ4n) is 2.92. The number of sulfonamides is 1. The minimum absolute atomic E-state index is 0.0716. The molecule has 0 unspecified atom stereocenters. The number of halogens is 4. The van der Waals surface area contributed by atoms with Crippen LogP contribution in [0.15, 0.2) is 77.7 Å². The second kappa shape index (κ2) is 9.72. The van der Waals surface area contributed by atoms with Crippen LogP contribution in [0.3, 0.4) is 0 Å². The molecule has 174 valence electrons. The number of nitrogens with zero attached hydrogens (tertiary/aromatic N) is 1. The van der Waals surface area contributed by atoms with Crippen molar-refractivity contribution < 1.29 is 31.1 Å². The van der Waals surface area contributed by atoms with Crippen LogP contribution in [0.1, 0.15) is 5.56 Å². The van der Waals surface area contributed by atoms with E-state index in [1.807, 2.05) is 0 Å². The standard InChI is InChI=1S/C22H18ClF3N2O4S/c1-32-17-7-5-6-16(13-17)28(33(30,31)18-8-3-2-4-9-18)14-21(29)27-20-12-15(22(24,25)26)10-11-19(20)23/h2-13H,14H2,1H3,(H,27,29). The van der Waals surface area contributed by atoms with E-state index in [9.17, 15) is 26.4 Å². The lowest BCUT2D eigenvalue weighted by atomic mass is 10.2. The van der Waals surface area contributed by atoms with Gasteiger partial charge in [-0.15, -0.1) is 0 Å². The Morgan fingerprint density at radius 1 is 1.03 bits per heavy atom. The van der Waals surface area contributed by atoms with Gasteiger partial charge in [-0.25, -0.2) is 8.42 Å². The number of carbonyl (C=O) groups is 1. The van der Waals surface area contributed by atoms with Gasteiger partial charge in [-0.1, -0.05) is 35.9 Å². The molecular formula is C22H18ClF3N2O4S. The number of methoxy groups -OCH3 is 1. The summed E-state index contributed by atoms with van der Waals surface area (Å²) in [6.45, 7) is -0.725. The van der Waals surface area contributed by atoms with Crippen LogP contribution in [0, 0.1) is 0 Å². The molecule has 0 aliphatic heterocycles. The van der Waals surface area contributed by atoms with Crippen molar-refractivity contribution in [1.29, 1.82) is 0 Å². The molecule has 0 aromatic heterocycles. The molecule has 33 heavy (non-hydrogen) atoms. The number of benzene rings is 3. The van der Waals surface area contributed by atoms with Crippen LogP contribution in [-0.4, -0.2) is 28.0 Å². The summed E-state index contributed by atoms with van der Waals surface area (Å²) >= 11 is 5.94. The zero-order valence-corrected chi connectivity index (χ0v) is 18.7. The van der Waals surface area contributed by atoms with Crippen molar-refractivity contribution in [2.75, 3.05) is 23.3 Å². The number of ether oxygens (including phenoxy) is 1. The molecule has 0 fully saturated rings. The van der Waals surface area contributed by atoms with Gasteiger partial charge >= 0.3 is 6.18 Å². The SMILES string of the molecule is COc1cccc(N(CC(=O)Nc2cc(C(F)(F)F)ccc2Cl)S(=O)(=O)c2ccccc2)c1. The quantitative estimate of drug-likeness (QED) is 0.486. The summed E-state index contributed by atoms with van der Waals surface area (Å²) in [7, 11) is -2.80. The first-order valence-corrected chi connectivity index (χ1v) is 11.2. The largest absolute Gasteiger partial charge is 0.497 e. The third-order valence-electron chi connectivity index (χ3n) is 4.53. The molecule has 11 heteroatoms. The lowest BCUT2D eigenvalue weighted by molar-refractivity contribution is -0.137. The van der Waals surface area contributed by atoms with E-state index in [0.29, 0.717) is 11.8 Å². The van der Waals surface area contributed by atoms with Gasteiger partial charge in [0.05, 0.1) is 34.0 Å². The van der Waals surface area contributed by atoms with Crippen LogP contribution in [-0.2, 0) is 21.0 Å². The van der Waals surface area contributed by atoms with Gasteiger partial charge in [-0.3, -0.25) is 9.10 Å². The van der Waals surface area contributed by atoms with Crippen LogP contribution in [0.4, 0.5) is 24.5 Å². The van der Waals surface area contributed by atoms with Crippen LogP contribution in [0.5, 0.6) is 5.75 Å². The molecule has 3 rings (SSSR count). The second-order valence-electron chi connectivity index (χ2n) is 6.77. The molecule has 3 aromatic carbocycles. The van der Waals surface area contributed by atoms with Gasteiger partial charge in [0.25, 0.3) is 10.0 Å². The van der Waals surface area contributed by atoms with Gasteiger partial charge in [0, 0.05) is 6.07 Å². The number of alkyl halides is 3. The van der Waals surface area contributed by atoms with Crippen molar-refractivity contribution in [1.82, 2.24) is 0 Å². The molecule has 0 spiro atoms. The average Bonchev–Trinajstić information content (AvgIpc) is 2.78. The van der Waals surface area contributed by atoms with E-state index in [2.05, 4.69) is 5.32 Å². The zero-order valence-electron chi connectivity index (χ0n) is 17.1. The minimum Gasteiger partial charge on any atom is -0.497 e. The fraction of sp³-hybridized carbons (Fsp3) is 0.136. The van der Waals surface area contributed by atoms with Crippen molar-refractivity contribution in [3.63, 3.8) is 0 Å². The molecule has 1 amide bonds. The Hall–Kier alpha value is -3.24. The number of nitrogens with one attached hydrogen (secondary N) is 1. The Bertz CT molecular complexity index is 1250. The van der Waals surface area contributed by atoms with E-state index in [1.54, 1.807) is 18.2 Å². The summed E-state index contributed by atoms with van der Waals surface area (Å²) in [4.78, 5) is 12.7. The topological polar surface area (TPSA) is 75.7 Å². The van der Waals surface area contributed by atoms with E-state index in [-0.39, 0.29) is 21.3 Å². The molecule has 3 aromatic rings. The fourth-order valence-corrected chi connectivity index (χ4v) is 4.52. The number of hydrogen-bond donors (Lipinski definition) is 1. The van der Waals surface area contributed by atoms with Gasteiger partial charge in [0.15, 0.2) is 0 Å². The van der Waals surface area contributed by atoms with E-state index in [0.717, 1.165) is 16.4 Å². The number of carbonyl (C=O) groups excluding carboxylic acids is 1. The molecule has 6 nitrogen and oxygen atoms in total. The lowest BCUT2D eigenvalue weighted by Gasteiger charge is -2.24. The molecule has 0 saturated heterocycles. The van der Waals surface area contributed by atoms with Crippen molar-refractivity contribution in [3.05, 3.63) is 83.4 Å². The van der Waals surface area contributed by atoms with E-state index >= 15 is 0 Å². The number of amides is 1. The summed E-state index contributed by atoms with van der Waals surface area (Å²) in [6.07, 6.45) is -4.65. The molecule has 0 atom stereocenters. The maximum Gasteiger partial charge on any atom is 0.416 e. The monoisotopic (exact) mass is 498 g/mol. The first-order valence-electron chi connectivity index (χ1n) is 9.41. The molecule has 0 aliphatic rings. The predicted molar refractivity (Wildman–Crippen MR) is 119 cm³/mol. The van der Waals surface area contributed by atoms with Gasteiger partial charge in [-0.05, 0) is 42.5 Å². The lowest BCUT2D eigenvalue weighted by Crippen LogP contribution is -2.38. The van der Waals surface area contributed by atoms with Crippen molar-refractivity contribution >= 4 is 38.9 Å². The summed E-state index contributed by atoms with van der Waals surface area (Å²) in [6, 6.07) is 15.9. The Balaban J connectivity index is 1.96. The van der Waals surface area contributed by atoms with E-state index < -0.39 is 34.2 Å². The highest BCUT2D eigenvalue weighted by atomic mass is 35.5. The second-order valence-corrected chi connectivity index (χ2v) is 9.04. The number of hydrogen-bond acceptors (Lipinski definition) is 4. The first kappa shape index (κ1) is 24.4. The van der Waals surface area contributed by atoms with Crippen LogP contribution < -0.4 is 14.4 Å². The molecule has 0 heterocycles. The zero-order chi connectivity index (χ0) is 24.2. The molecule has 0 aliphatic carbocycles. The Labute approximate surface area is 193 Å². The highest BCUT2D eigenvalue weighted by Gasteiger charge is 2.32. The maximum absolute atomic E-state index is 13.3. The molecule has 0 bridgehead atoms. The molecular weight excluding hydrogens is 481 g/mol. The number of anilines is 2. The van der Waals surface area contributed by atoms with Crippen LogP contribution in [0.2, 0.25) is 5.02 Å². The smallest absolute Gasteiger partial charge is 0.416 e. The summed E-state index contributed by atoms with van der Waals surface area (Å²) in [5.74, 6) is -0.541. The Kier molecular flexibility index (Phi) is 7.19. The highest BCUT2D eigenvalue weighted by molar-refractivity contribution is 7.92. The molecule has 1 N–H and O–H groups in total. The van der Waals surface area contributed by atoms with Crippen LogP contribution >= 0.6 is 11.6 Å². The van der Waals surface area contributed by atoms with E-state index in [1.165, 1.54) is 43.5 Å². The Morgan fingerprint density at radius 2 is 1.73 bits per heavy atom. The number of rotatable bonds is 7. The van der Waals surface area contributed by atoms with Crippen molar-refractivity contribution in [3.8, 4) is 5.75 Å². The third-order valence-corrected chi connectivity index (χ3v) is 6.65. The summed E-state index contributed by atoms with van der Waals surface area (Å²) in [5, 5.41) is 2.14. The van der Waals surface area contributed by atoms with Gasteiger partial charge in [0.1, 0.15) is 12.3 Å². The molecule has 0 saturated carbocycles. The first-order chi connectivity index (χ1) is 15.5. The highest BCUT2D eigenvalue weighted by Crippen LogP contribution is 2.34. The van der Waals surface area contributed by atoms with Gasteiger partial charge in [-0.2, -0.15) is 13.2 Å². The van der Waals surface area contributed by atoms with Crippen LogP contribution in [0.25, 0.3) is 0 Å². The summed E-state index contributed by atoms with van der Waals surface area (Å²) < 4.78 is 71.7. The predicted octanol–water partition coefficient (Wildman–Crippen LogP) is 5.20. The summed E-state index contributed by atoms with van der Waals surface area (Å²) in [5.41, 5.74) is -1.17. The third kappa shape index (κ3) is 5.77. The average molecular weight is 499 g/mol. The van der Waals surface area contributed by atoms with Gasteiger partial charge in [0.2, 0.25) is 5.91 Å². The molecule has 0 radical (unpaired) electrons.